The van der Waals surface area contributed by atoms with E-state index in [0.717, 1.165) is 67.3 Å². The van der Waals surface area contributed by atoms with Gasteiger partial charge in [0.15, 0.2) is 0 Å². The molecular weight excluding hydrogens is 422 g/mol. The van der Waals surface area contributed by atoms with Crippen LogP contribution in [0, 0.1) is 13.8 Å². The van der Waals surface area contributed by atoms with Crippen molar-refractivity contribution in [2.45, 2.75) is 45.8 Å². The number of piperidine rings is 1. The van der Waals surface area contributed by atoms with Gasteiger partial charge in [0.05, 0.1) is 5.69 Å². The van der Waals surface area contributed by atoms with Crippen LogP contribution in [0.2, 0.25) is 0 Å². The fourth-order valence-electron chi connectivity index (χ4n) is 5.11. The van der Waals surface area contributed by atoms with Crippen molar-refractivity contribution in [1.82, 2.24) is 19.8 Å². The van der Waals surface area contributed by atoms with E-state index in [2.05, 4.69) is 76.3 Å². The molecule has 0 amide bonds. The van der Waals surface area contributed by atoms with Gasteiger partial charge in [-0.1, -0.05) is 24.8 Å². The van der Waals surface area contributed by atoms with Gasteiger partial charge in [-0.3, -0.25) is 10.7 Å². The van der Waals surface area contributed by atoms with Crippen molar-refractivity contribution in [2.75, 3.05) is 23.8 Å². The van der Waals surface area contributed by atoms with Gasteiger partial charge >= 0.3 is 0 Å². The van der Waals surface area contributed by atoms with Crippen molar-refractivity contribution in [3.05, 3.63) is 83.2 Å². The Morgan fingerprint density at radius 3 is 2.38 bits per heavy atom. The number of hydrazine groups is 1. The van der Waals surface area contributed by atoms with Crippen LogP contribution in [0.25, 0.3) is 5.70 Å². The third-order valence-corrected chi connectivity index (χ3v) is 6.91. The van der Waals surface area contributed by atoms with Crippen molar-refractivity contribution >= 4 is 23.0 Å². The lowest BCUT2D eigenvalue weighted by atomic mass is 10.0. The van der Waals surface area contributed by atoms with Crippen molar-refractivity contribution in [2.24, 2.45) is 5.84 Å². The summed E-state index contributed by atoms with van der Waals surface area (Å²) in [4.78, 5) is 14.4. The van der Waals surface area contributed by atoms with E-state index in [1.165, 1.54) is 16.7 Å². The van der Waals surface area contributed by atoms with Crippen LogP contribution in [0.5, 0.6) is 0 Å². The first-order valence-electron chi connectivity index (χ1n) is 11.9. The summed E-state index contributed by atoms with van der Waals surface area (Å²) in [5.74, 6) is 6.15. The number of nitrogens with zero attached hydrogens (tertiary/aromatic N) is 4. The Morgan fingerprint density at radius 2 is 1.71 bits per heavy atom. The van der Waals surface area contributed by atoms with E-state index in [1.54, 1.807) is 0 Å². The molecule has 34 heavy (non-hydrogen) atoms. The summed E-state index contributed by atoms with van der Waals surface area (Å²) in [6.45, 7) is 12.4. The first-order chi connectivity index (χ1) is 16.5. The minimum absolute atomic E-state index is 0.554. The standard InChI is InChI=1S/C27H33N7/c1-18-12-19(2)14-24(13-18)30-27-29-15-22-16-34(17-26(22)31-27)25-8-10-33(11-9-25)20(3)21-4-6-23(32-28)7-5-21/h4-7,12-15,25,32H,3,8-11,16-17,28H2,1-2H3,(H,29,30,31). The molecular formula is C27H33N7. The number of benzene rings is 2. The summed E-state index contributed by atoms with van der Waals surface area (Å²) in [6.07, 6.45) is 4.23. The summed E-state index contributed by atoms with van der Waals surface area (Å²) in [5.41, 5.74) is 11.7. The first-order valence-corrected chi connectivity index (χ1v) is 11.9. The fourth-order valence-corrected chi connectivity index (χ4v) is 5.11. The number of hydrogen-bond donors (Lipinski definition) is 3. The third-order valence-electron chi connectivity index (χ3n) is 6.91. The average Bonchev–Trinajstić information content (AvgIpc) is 3.26. The zero-order valence-electron chi connectivity index (χ0n) is 20.0. The molecule has 0 spiro atoms. The van der Waals surface area contributed by atoms with Gasteiger partial charge in [-0.25, -0.2) is 9.97 Å². The number of nitrogen functional groups attached to an aromatic ring is 1. The predicted octanol–water partition coefficient (Wildman–Crippen LogP) is 4.57. The molecule has 7 heteroatoms. The quantitative estimate of drug-likeness (QED) is 0.371. The second-order valence-corrected chi connectivity index (χ2v) is 9.46. The normalized spacial score (nSPS) is 16.4. The van der Waals surface area contributed by atoms with Crippen molar-refractivity contribution < 1.29 is 0 Å². The largest absolute Gasteiger partial charge is 0.371 e. The minimum Gasteiger partial charge on any atom is -0.371 e. The molecule has 1 aromatic heterocycles. The second-order valence-electron chi connectivity index (χ2n) is 9.46. The molecule has 7 nitrogen and oxygen atoms in total. The smallest absolute Gasteiger partial charge is 0.227 e. The number of rotatable bonds is 6. The van der Waals surface area contributed by atoms with Gasteiger partial charge in [0.25, 0.3) is 0 Å². The maximum atomic E-state index is 5.48. The van der Waals surface area contributed by atoms with Crippen molar-refractivity contribution in [3.63, 3.8) is 0 Å². The van der Waals surface area contributed by atoms with E-state index in [-0.39, 0.29) is 0 Å². The monoisotopic (exact) mass is 455 g/mol. The van der Waals surface area contributed by atoms with Crippen LogP contribution in [0.1, 0.15) is 40.8 Å². The highest BCUT2D eigenvalue weighted by Gasteiger charge is 2.30. The lowest BCUT2D eigenvalue weighted by molar-refractivity contribution is 0.131. The van der Waals surface area contributed by atoms with E-state index in [9.17, 15) is 0 Å². The maximum absolute atomic E-state index is 5.48. The zero-order valence-corrected chi connectivity index (χ0v) is 20.0. The number of aryl methyl sites for hydroxylation is 2. The van der Waals surface area contributed by atoms with Gasteiger partial charge in [0.2, 0.25) is 5.95 Å². The number of hydrogen-bond acceptors (Lipinski definition) is 7. The van der Waals surface area contributed by atoms with Crippen molar-refractivity contribution in [3.8, 4) is 0 Å². The van der Waals surface area contributed by atoms with Crippen LogP contribution < -0.4 is 16.6 Å². The molecule has 4 N–H and O–H groups in total. The van der Waals surface area contributed by atoms with Gasteiger partial charge in [-0.15, -0.1) is 0 Å². The Kier molecular flexibility index (Phi) is 6.22. The Labute approximate surface area is 201 Å². The summed E-state index contributed by atoms with van der Waals surface area (Å²) in [6, 6.07) is 15.1. The van der Waals surface area contributed by atoms with E-state index in [0.29, 0.717) is 12.0 Å². The Bertz CT molecular complexity index is 1160. The number of nitrogens with two attached hydrogens (primary N) is 1. The van der Waals surface area contributed by atoms with Gasteiger partial charge in [0, 0.05) is 61.1 Å². The molecule has 2 aliphatic rings. The lowest BCUT2D eigenvalue weighted by Gasteiger charge is -2.38. The Hall–Kier alpha value is -3.42. The summed E-state index contributed by atoms with van der Waals surface area (Å²) < 4.78 is 0. The molecule has 5 rings (SSSR count). The molecule has 2 aromatic carbocycles. The number of nitrogens with one attached hydrogen (secondary N) is 2. The van der Waals surface area contributed by atoms with Crippen LogP contribution in [0.15, 0.2) is 55.2 Å². The first kappa shape index (κ1) is 22.4. The zero-order chi connectivity index (χ0) is 23.7. The Balaban J connectivity index is 1.18. The highest BCUT2D eigenvalue weighted by Crippen LogP contribution is 2.30. The van der Waals surface area contributed by atoms with Gasteiger partial charge in [0.1, 0.15) is 0 Å². The molecule has 0 unspecified atom stereocenters. The predicted molar refractivity (Wildman–Crippen MR) is 138 cm³/mol. The van der Waals surface area contributed by atoms with Crippen LogP contribution in [-0.4, -0.2) is 38.9 Å². The second kappa shape index (κ2) is 9.44. The van der Waals surface area contributed by atoms with E-state index in [1.807, 2.05) is 18.3 Å². The summed E-state index contributed by atoms with van der Waals surface area (Å²) in [5, 5.41) is 3.38. The fraction of sp³-hybridized carbons (Fsp3) is 0.333. The number of fused-ring (bicyclic) bond motifs is 1. The van der Waals surface area contributed by atoms with E-state index in [4.69, 9.17) is 10.8 Å². The highest BCUT2D eigenvalue weighted by molar-refractivity contribution is 5.64. The van der Waals surface area contributed by atoms with E-state index < -0.39 is 0 Å². The van der Waals surface area contributed by atoms with Crippen LogP contribution in [0.3, 0.4) is 0 Å². The highest BCUT2D eigenvalue weighted by atomic mass is 15.2. The van der Waals surface area contributed by atoms with Crippen molar-refractivity contribution in [1.29, 1.82) is 0 Å². The molecule has 0 atom stereocenters. The van der Waals surface area contributed by atoms with Gasteiger partial charge in [-0.2, -0.15) is 0 Å². The molecule has 3 heterocycles. The molecule has 0 aliphatic carbocycles. The summed E-state index contributed by atoms with van der Waals surface area (Å²) in [7, 11) is 0. The minimum atomic E-state index is 0.554. The number of anilines is 3. The molecule has 0 bridgehead atoms. The molecule has 176 valence electrons. The SMILES string of the molecule is C=C(c1ccc(NN)cc1)N1CCC(N2Cc3cnc(Nc4cc(C)cc(C)c4)nc3C2)CC1. The lowest BCUT2D eigenvalue weighted by Crippen LogP contribution is -2.42. The number of likely N-dealkylation sites (tertiary alicyclic amines) is 1. The third kappa shape index (κ3) is 4.76. The molecule has 1 saturated heterocycles. The van der Waals surface area contributed by atoms with E-state index >= 15 is 0 Å². The summed E-state index contributed by atoms with van der Waals surface area (Å²) >= 11 is 0. The molecule has 0 saturated carbocycles. The van der Waals surface area contributed by atoms with Gasteiger partial charge < -0.3 is 15.6 Å². The molecule has 3 aromatic rings. The Morgan fingerprint density at radius 1 is 1.00 bits per heavy atom. The average molecular weight is 456 g/mol. The molecule has 2 aliphatic heterocycles. The van der Waals surface area contributed by atoms with Crippen LogP contribution in [-0.2, 0) is 13.1 Å². The maximum Gasteiger partial charge on any atom is 0.227 e. The molecule has 1 fully saturated rings. The topological polar surface area (TPSA) is 82.3 Å². The molecule has 0 radical (unpaired) electrons. The van der Waals surface area contributed by atoms with Crippen LogP contribution >= 0.6 is 0 Å². The van der Waals surface area contributed by atoms with Crippen LogP contribution in [0.4, 0.5) is 17.3 Å². The van der Waals surface area contributed by atoms with Gasteiger partial charge in [-0.05, 0) is 67.6 Å². The number of aromatic nitrogens is 2.